The van der Waals surface area contributed by atoms with Gasteiger partial charge >= 0.3 is 0 Å². The SMILES string of the molecule is Cc1c(N)cc(N)cc1-c1cc(N)cc(O)c1. The average molecular weight is 229 g/mol. The lowest BCUT2D eigenvalue weighted by Crippen LogP contribution is -1.96. The van der Waals surface area contributed by atoms with Crippen LogP contribution in [-0.4, -0.2) is 5.11 Å². The van der Waals surface area contributed by atoms with Gasteiger partial charge in [0.25, 0.3) is 0 Å². The zero-order valence-corrected chi connectivity index (χ0v) is 9.57. The molecule has 2 rings (SSSR count). The molecule has 88 valence electrons. The number of aromatic hydroxyl groups is 1. The number of hydrogen-bond acceptors (Lipinski definition) is 4. The second-order valence-electron chi connectivity index (χ2n) is 4.10. The highest BCUT2D eigenvalue weighted by molar-refractivity contribution is 5.79. The minimum atomic E-state index is 0.125. The van der Waals surface area contributed by atoms with Crippen LogP contribution in [0.5, 0.6) is 5.75 Å². The van der Waals surface area contributed by atoms with Crippen molar-refractivity contribution < 1.29 is 5.11 Å². The highest BCUT2D eigenvalue weighted by Crippen LogP contribution is 2.33. The molecule has 2 aromatic carbocycles. The third-order valence-electron chi connectivity index (χ3n) is 2.72. The summed E-state index contributed by atoms with van der Waals surface area (Å²) in [6.45, 7) is 1.91. The molecular weight excluding hydrogens is 214 g/mol. The van der Waals surface area contributed by atoms with Crippen LogP contribution in [0.25, 0.3) is 11.1 Å². The molecule has 0 radical (unpaired) electrons. The first-order chi connectivity index (χ1) is 7.97. The maximum Gasteiger partial charge on any atom is 0.118 e. The lowest BCUT2D eigenvalue weighted by Gasteiger charge is -2.11. The van der Waals surface area contributed by atoms with Crippen LogP contribution < -0.4 is 17.2 Å². The van der Waals surface area contributed by atoms with E-state index in [-0.39, 0.29) is 5.75 Å². The number of anilines is 3. The van der Waals surface area contributed by atoms with E-state index in [4.69, 9.17) is 17.2 Å². The molecule has 0 atom stereocenters. The van der Waals surface area contributed by atoms with Crippen LogP contribution in [0, 0.1) is 6.92 Å². The van der Waals surface area contributed by atoms with Crippen LogP contribution in [0.1, 0.15) is 5.56 Å². The van der Waals surface area contributed by atoms with E-state index < -0.39 is 0 Å². The van der Waals surface area contributed by atoms with Crippen molar-refractivity contribution in [2.75, 3.05) is 17.2 Å². The summed E-state index contributed by atoms with van der Waals surface area (Å²) in [7, 11) is 0. The van der Waals surface area contributed by atoms with Gasteiger partial charge in [-0.2, -0.15) is 0 Å². The largest absolute Gasteiger partial charge is 0.508 e. The zero-order valence-electron chi connectivity index (χ0n) is 9.57. The van der Waals surface area contributed by atoms with Gasteiger partial charge in [0.2, 0.25) is 0 Å². The third-order valence-corrected chi connectivity index (χ3v) is 2.72. The Balaban J connectivity index is 2.67. The number of rotatable bonds is 1. The summed E-state index contributed by atoms with van der Waals surface area (Å²) in [5.41, 5.74) is 21.6. The fourth-order valence-electron chi connectivity index (χ4n) is 1.85. The van der Waals surface area contributed by atoms with Gasteiger partial charge in [-0.25, -0.2) is 0 Å². The van der Waals surface area contributed by atoms with Crippen LogP contribution in [0.3, 0.4) is 0 Å². The molecule has 0 aliphatic rings. The van der Waals surface area contributed by atoms with E-state index in [1.165, 1.54) is 6.07 Å². The molecule has 0 saturated carbocycles. The van der Waals surface area contributed by atoms with Gasteiger partial charge in [0.1, 0.15) is 5.75 Å². The van der Waals surface area contributed by atoms with Crippen molar-refractivity contribution in [1.29, 1.82) is 0 Å². The van der Waals surface area contributed by atoms with E-state index in [2.05, 4.69) is 0 Å². The van der Waals surface area contributed by atoms with Gasteiger partial charge in [-0.05, 0) is 47.9 Å². The molecule has 0 bridgehead atoms. The number of nitrogens with two attached hydrogens (primary N) is 3. The summed E-state index contributed by atoms with van der Waals surface area (Å²) < 4.78 is 0. The Morgan fingerprint density at radius 2 is 1.53 bits per heavy atom. The Hall–Kier alpha value is -2.36. The topological polar surface area (TPSA) is 98.3 Å². The van der Waals surface area contributed by atoms with Crippen molar-refractivity contribution in [2.24, 2.45) is 0 Å². The van der Waals surface area contributed by atoms with Crippen molar-refractivity contribution in [3.8, 4) is 16.9 Å². The third kappa shape index (κ3) is 2.10. The first-order valence-corrected chi connectivity index (χ1v) is 5.23. The Morgan fingerprint density at radius 1 is 0.882 bits per heavy atom. The average Bonchev–Trinajstić information content (AvgIpc) is 2.22. The van der Waals surface area contributed by atoms with Gasteiger partial charge in [0, 0.05) is 23.1 Å². The smallest absolute Gasteiger partial charge is 0.118 e. The molecular formula is C13H15N3O. The maximum absolute atomic E-state index is 9.54. The first kappa shape index (κ1) is 11.1. The van der Waals surface area contributed by atoms with E-state index in [0.29, 0.717) is 17.1 Å². The Kier molecular flexibility index (Phi) is 2.55. The summed E-state index contributed by atoms with van der Waals surface area (Å²) in [5, 5.41) is 9.54. The van der Waals surface area contributed by atoms with Crippen molar-refractivity contribution in [2.45, 2.75) is 6.92 Å². The molecule has 0 unspecified atom stereocenters. The quantitative estimate of drug-likeness (QED) is 0.563. The van der Waals surface area contributed by atoms with Gasteiger partial charge in [-0.1, -0.05) is 0 Å². The predicted octanol–water partition coefficient (Wildman–Crippen LogP) is 2.11. The molecule has 17 heavy (non-hydrogen) atoms. The molecule has 4 nitrogen and oxygen atoms in total. The number of phenols is 1. The minimum absolute atomic E-state index is 0.125. The molecule has 4 heteroatoms. The molecule has 0 aliphatic heterocycles. The Bertz CT molecular complexity index is 559. The van der Waals surface area contributed by atoms with Gasteiger partial charge in [-0.3, -0.25) is 0 Å². The van der Waals surface area contributed by atoms with Crippen LogP contribution >= 0.6 is 0 Å². The minimum Gasteiger partial charge on any atom is -0.508 e. The molecule has 0 amide bonds. The van der Waals surface area contributed by atoms with Crippen molar-refractivity contribution in [3.63, 3.8) is 0 Å². The van der Waals surface area contributed by atoms with Crippen LogP contribution in [0.4, 0.5) is 17.1 Å². The van der Waals surface area contributed by atoms with E-state index in [1.807, 2.05) is 13.0 Å². The molecule has 0 heterocycles. The molecule has 0 aromatic heterocycles. The summed E-state index contributed by atoms with van der Waals surface area (Å²) in [6, 6.07) is 8.44. The van der Waals surface area contributed by atoms with E-state index in [1.54, 1.807) is 18.2 Å². The molecule has 2 aromatic rings. The fraction of sp³-hybridized carbons (Fsp3) is 0.0769. The predicted molar refractivity (Wildman–Crippen MR) is 71.5 cm³/mol. The number of hydrogen-bond donors (Lipinski definition) is 4. The standard InChI is InChI=1S/C13H15N3O/c1-7-12(5-10(15)6-13(7)16)8-2-9(14)4-11(17)3-8/h2-6,17H,14-16H2,1H3. The summed E-state index contributed by atoms with van der Waals surface area (Å²) in [5.74, 6) is 0.125. The van der Waals surface area contributed by atoms with Crippen LogP contribution in [0.2, 0.25) is 0 Å². The number of benzene rings is 2. The molecule has 7 N–H and O–H groups in total. The van der Waals surface area contributed by atoms with Crippen molar-refractivity contribution in [1.82, 2.24) is 0 Å². The summed E-state index contributed by atoms with van der Waals surface area (Å²) in [6.07, 6.45) is 0. The van der Waals surface area contributed by atoms with Crippen molar-refractivity contribution >= 4 is 17.1 Å². The van der Waals surface area contributed by atoms with Crippen LogP contribution in [0.15, 0.2) is 30.3 Å². The molecule has 0 fully saturated rings. The summed E-state index contributed by atoms with van der Waals surface area (Å²) in [4.78, 5) is 0. The lowest BCUT2D eigenvalue weighted by molar-refractivity contribution is 0.476. The highest BCUT2D eigenvalue weighted by atomic mass is 16.3. The highest BCUT2D eigenvalue weighted by Gasteiger charge is 2.08. The lowest BCUT2D eigenvalue weighted by atomic mass is 9.98. The van der Waals surface area contributed by atoms with Gasteiger partial charge < -0.3 is 22.3 Å². The maximum atomic E-state index is 9.54. The Morgan fingerprint density at radius 3 is 2.18 bits per heavy atom. The fourth-order valence-corrected chi connectivity index (χ4v) is 1.85. The first-order valence-electron chi connectivity index (χ1n) is 5.23. The number of phenolic OH excluding ortho intramolecular Hbond substituents is 1. The molecule has 0 saturated heterocycles. The van der Waals surface area contributed by atoms with Gasteiger partial charge in [-0.15, -0.1) is 0 Å². The molecule has 0 aliphatic carbocycles. The second kappa shape index (κ2) is 3.90. The monoisotopic (exact) mass is 229 g/mol. The van der Waals surface area contributed by atoms with E-state index in [9.17, 15) is 5.11 Å². The van der Waals surface area contributed by atoms with Crippen molar-refractivity contribution in [3.05, 3.63) is 35.9 Å². The second-order valence-corrected chi connectivity index (χ2v) is 4.10. The van der Waals surface area contributed by atoms with Gasteiger partial charge in [0.05, 0.1) is 0 Å². The van der Waals surface area contributed by atoms with E-state index >= 15 is 0 Å². The van der Waals surface area contributed by atoms with E-state index in [0.717, 1.165) is 16.7 Å². The summed E-state index contributed by atoms with van der Waals surface area (Å²) >= 11 is 0. The van der Waals surface area contributed by atoms with Crippen LogP contribution in [-0.2, 0) is 0 Å². The zero-order chi connectivity index (χ0) is 12.6. The molecule has 0 spiro atoms. The van der Waals surface area contributed by atoms with Gasteiger partial charge in [0.15, 0.2) is 0 Å². The number of nitrogen functional groups attached to an aromatic ring is 3. The normalized spacial score (nSPS) is 10.4. The Labute approximate surface area is 99.7 Å².